The van der Waals surface area contributed by atoms with Crippen molar-refractivity contribution < 1.29 is 4.57 Å². The Morgan fingerprint density at radius 1 is 0.545 bits per heavy atom. The number of pyridine rings is 2. The minimum atomic E-state index is 0.601. The molecule has 0 amide bonds. The Morgan fingerprint density at radius 3 is 1.52 bits per heavy atom. The van der Waals surface area contributed by atoms with Crippen molar-refractivity contribution in [2.24, 2.45) is 0 Å². The molecule has 6 nitrogen and oxygen atoms in total. The molecular formula is C27H23N6+. The van der Waals surface area contributed by atoms with Gasteiger partial charge >= 0.3 is 0 Å². The monoisotopic (exact) mass is 431 g/mol. The zero-order valence-corrected chi connectivity index (χ0v) is 17.9. The Morgan fingerprint density at radius 2 is 1.00 bits per heavy atom. The number of nitrogens with zero attached hydrogens (tertiary/aromatic N) is 2. The molecule has 0 aliphatic carbocycles. The molecule has 0 radical (unpaired) electrons. The van der Waals surface area contributed by atoms with Crippen LogP contribution in [-0.4, -0.2) is 4.98 Å². The standard InChI is InChI=1S/C27H22N6/c28-17-5-7-21-23(22-8-6-18(29)11-25(22)32-24(21)10-17)14-33-26-12-19(30)3-1-15(26)9-16-2-4-20(31)13-27(16)33/h1-13H,14H2,(H7,28,29,30,31,32)/p+1. The van der Waals surface area contributed by atoms with Crippen molar-refractivity contribution in [2.75, 3.05) is 22.9 Å². The maximum atomic E-state index is 6.20. The quantitative estimate of drug-likeness (QED) is 0.184. The molecule has 4 aromatic carbocycles. The summed E-state index contributed by atoms with van der Waals surface area (Å²) in [4.78, 5) is 4.85. The van der Waals surface area contributed by atoms with Gasteiger partial charge in [0, 0.05) is 62.0 Å². The molecule has 0 saturated heterocycles. The van der Waals surface area contributed by atoms with E-state index in [0.29, 0.717) is 29.3 Å². The van der Waals surface area contributed by atoms with Crippen LogP contribution in [0, 0.1) is 0 Å². The van der Waals surface area contributed by atoms with E-state index in [0.717, 1.165) is 49.2 Å². The number of benzene rings is 4. The predicted octanol–water partition coefficient (Wildman–Crippen LogP) is 4.36. The number of anilines is 4. The molecule has 0 aliphatic heterocycles. The topological polar surface area (TPSA) is 121 Å². The summed E-state index contributed by atoms with van der Waals surface area (Å²) in [5, 5.41) is 4.31. The first-order valence-electron chi connectivity index (χ1n) is 10.7. The zero-order chi connectivity index (χ0) is 22.7. The van der Waals surface area contributed by atoms with Crippen LogP contribution in [0.1, 0.15) is 5.56 Å². The van der Waals surface area contributed by atoms with Crippen molar-refractivity contribution in [2.45, 2.75) is 6.54 Å². The Balaban J connectivity index is 1.74. The number of rotatable bonds is 2. The van der Waals surface area contributed by atoms with Gasteiger partial charge in [-0.1, -0.05) is 12.1 Å². The number of hydrogen-bond acceptors (Lipinski definition) is 5. The van der Waals surface area contributed by atoms with Crippen LogP contribution in [0.3, 0.4) is 0 Å². The van der Waals surface area contributed by atoms with E-state index < -0.39 is 0 Å². The molecule has 0 fully saturated rings. The minimum absolute atomic E-state index is 0.601. The van der Waals surface area contributed by atoms with Gasteiger partial charge in [0.2, 0.25) is 11.0 Å². The third kappa shape index (κ3) is 3.11. The maximum Gasteiger partial charge on any atom is 0.215 e. The molecule has 0 unspecified atom stereocenters. The van der Waals surface area contributed by atoms with Crippen molar-refractivity contribution in [3.63, 3.8) is 0 Å². The van der Waals surface area contributed by atoms with E-state index in [1.54, 1.807) is 0 Å². The zero-order valence-electron chi connectivity index (χ0n) is 17.9. The van der Waals surface area contributed by atoms with E-state index in [1.807, 2.05) is 60.7 Å². The van der Waals surface area contributed by atoms with Crippen LogP contribution in [0.4, 0.5) is 22.7 Å². The molecule has 6 aromatic rings. The molecule has 8 N–H and O–H groups in total. The van der Waals surface area contributed by atoms with Crippen LogP contribution >= 0.6 is 0 Å². The minimum Gasteiger partial charge on any atom is -0.399 e. The number of fused-ring (bicyclic) bond motifs is 4. The van der Waals surface area contributed by atoms with E-state index in [1.165, 1.54) is 0 Å². The van der Waals surface area contributed by atoms with Crippen molar-refractivity contribution in [3.8, 4) is 0 Å². The molecule has 2 aromatic heterocycles. The fraction of sp³-hybridized carbons (Fsp3) is 0.0370. The highest BCUT2D eigenvalue weighted by Gasteiger charge is 2.20. The van der Waals surface area contributed by atoms with Gasteiger partial charge in [0.15, 0.2) is 6.54 Å². The predicted molar refractivity (Wildman–Crippen MR) is 138 cm³/mol. The highest BCUT2D eigenvalue weighted by Crippen LogP contribution is 2.30. The lowest BCUT2D eigenvalue weighted by molar-refractivity contribution is -0.635. The summed E-state index contributed by atoms with van der Waals surface area (Å²) in [6.07, 6.45) is 0. The lowest BCUT2D eigenvalue weighted by Crippen LogP contribution is -2.36. The van der Waals surface area contributed by atoms with Crippen LogP contribution in [0.5, 0.6) is 0 Å². The summed E-state index contributed by atoms with van der Waals surface area (Å²) in [6.45, 7) is 0.601. The largest absolute Gasteiger partial charge is 0.399 e. The Labute approximate surface area is 190 Å². The molecule has 2 heterocycles. The Bertz CT molecular complexity index is 1620. The van der Waals surface area contributed by atoms with Gasteiger partial charge in [0.05, 0.1) is 11.0 Å². The van der Waals surface area contributed by atoms with Crippen LogP contribution in [0.15, 0.2) is 78.9 Å². The average Bonchev–Trinajstić information content (AvgIpc) is 2.78. The number of hydrogen-bond donors (Lipinski definition) is 4. The lowest BCUT2D eigenvalue weighted by Gasteiger charge is -2.12. The van der Waals surface area contributed by atoms with Gasteiger partial charge in [-0.2, -0.15) is 4.57 Å². The second-order valence-electron chi connectivity index (χ2n) is 8.51. The second-order valence-corrected chi connectivity index (χ2v) is 8.51. The lowest BCUT2D eigenvalue weighted by atomic mass is 10.0. The summed E-state index contributed by atoms with van der Waals surface area (Å²) >= 11 is 0. The third-order valence-corrected chi connectivity index (χ3v) is 6.25. The fourth-order valence-electron chi connectivity index (χ4n) is 4.70. The average molecular weight is 432 g/mol. The molecule has 6 rings (SSSR count). The van der Waals surface area contributed by atoms with Crippen LogP contribution in [0.2, 0.25) is 0 Å². The van der Waals surface area contributed by atoms with E-state index in [4.69, 9.17) is 27.9 Å². The van der Waals surface area contributed by atoms with E-state index >= 15 is 0 Å². The van der Waals surface area contributed by atoms with Crippen LogP contribution < -0.4 is 27.5 Å². The highest BCUT2D eigenvalue weighted by molar-refractivity contribution is 5.99. The fourth-order valence-corrected chi connectivity index (χ4v) is 4.70. The Kier molecular flexibility index (Phi) is 4.04. The first-order valence-corrected chi connectivity index (χ1v) is 10.7. The molecule has 0 spiro atoms. The van der Waals surface area contributed by atoms with Gasteiger partial charge in [-0.25, -0.2) is 4.98 Å². The number of nitrogens with two attached hydrogens (primary N) is 4. The van der Waals surface area contributed by atoms with E-state index in [-0.39, 0.29) is 0 Å². The van der Waals surface area contributed by atoms with Gasteiger partial charge in [-0.15, -0.1) is 0 Å². The van der Waals surface area contributed by atoms with Gasteiger partial charge < -0.3 is 22.9 Å². The molecule has 33 heavy (non-hydrogen) atoms. The van der Waals surface area contributed by atoms with Gasteiger partial charge in [0.1, 0.15) is 0 Å². The summed E-state index contributed by atoms with van der Waals surface area (Å²) < 4.78 is 2.28. The Hall–Kier alpha value is -4.58. The second kappa shape index (κ2) is 6.97. The van der Waals surface area contributed by atoms with Crippen LogP contribution in [-0.2, 0) is 6.54 Å². The first-order chi connectivity index (χ1) is 16.0. The molecule has 0 bridgehead atoms. The van der Waals surface area contributed by atoms with Gasteiger partial charge in [0.25, 0.3) is 0 Å². The number of aromatic nitrogens is 2. The molecule has 0 aliphatic rings. The van der Waals surface area contributed by atoms with Crippen molar-refractivity contribution in [1.82, 2.24) is 4.98 Å². The molecule has 0 saturated carbocycles. The molecular weight excluding hydrogens is 408 g/mol. The number of nitrogen functional groups attached to an aromatic ring is 4. The molecule has 6 heteroatoms. The molecule has 160 valence electrons. The SMILES string of the molecule is Nc1ccc2c(C[n+]3c4cc(N)ccc4cc4ccc(N)cc43)c3ccc(N)cc3nc2c1. The van der Waals surface area contributed by atoms with E-state index in [2.05, 4.69) is 22.8 Å². The summed E-state index contributed by atoms with van der Waals surface area (Å²) in [5.74, 6) is 0. The van der Waals surface area contributed by atoms with Gasteiger partial charge in [-0.05, 0) is 54.6 Å². The van der Waals surface area contributed by atoms with E-state index in [9.17, 15) is 0 Å². The van der Waals surface area contributed by atoms with Crippen molar-refractivity contribution in [1.29, 1.82) is 0 Å². The highest BCUT2D eigenvalue weighted by atomic mass is 15.0. The molecule has 0 atom stereocenters. The third-order valence-electron chi connectivity index (χ3n) is 6.25. The summed E-state index contributed by atoms with van der Waals surface area (Å²) in [5.41, 5.74) is 32.2. The normalized spacial score (nSPS) is 11.6. The van der Waals surface area contributed by atoms with Crippen molar-refractivity contribution in [3.05, 3.63) is 84.4 Å². The summed E-state index contributed by atoms with van der Waals surface area (Å²) in [6, 6.07) is 25.9. The van der Waals surface area contributed by atoms with Gasteiger partial charge in [-0.3, -0.25) is 0 Å². The van der Waals surface area contributed by atoms with Crippen LogP contribution in [0.25, 0.3) is 43.6 Å². The maximum absolute atomic E-state index is 6.20. The first kappa shape index (κ1) is 19.1. The van der Waals surface area contributed by atoms with Crippen molar-refractivity contribution >= 4 is 66.4 Å². The smallest absolute Gasteiger partial charge is 0.215 e. The summed E-state index contributed by atoms with van der Waals surface area (Å²) in [7, 11) is 0.